The Morgan fingerprint density at radius 2 is 1.95 bits per heavy atom. The van der Waals surface area contributed by atoms with Crippen LogP contribution < -0.4 is 10.2 Å². The molecule has 0 spiro atoms. The average Bonchev–Trinajstić information content (AvgIpc) is 3.07. The van der Waals surface area contributed by atoms with Gasteiger partial charge in [-0.25, -0.2) is 0 Å². The van der Waals surface area contributed by atoms with Crippen LogP contribution in [0.15, 0.2) is 22.7 Å². The molecule has 0 amide bonds. The van der Waals surface area contributed by atoms with E-state index in [0.717, 1.165) is 18.6 Å². The lowest BCUT2D eigenvalue weighted by Crippen LogP contribution is -2.30. The van der Waals surface area contributed by atoms with Crippen molar-refractivity contribution in [2.45, 2.75) is 57.2 Å². The lowest BCUT2D eigenvalue weighted by Gasteiger charge is -2.29. The summed E-state index contributed by atoms with van der Waals surface area (Å²) >= 11 is 3.61. The number of rotatable bonds is 5. The summed E-state index contributed by atoms with van der Waals surface area (Å²) in [5.74, 6) is 0. The zero-order valence-corrected chi connectivity index (χ0v) is 13.2. The highest BCUT2D eigenvalue weighted by atomic mass is 79.9. The first kappa shape index (κ1) is 13.4. The van der Waals surface area contributed by atoms with Gasteiger partial charge < -0.3 is 10.2 Å². The second-order valence-corrected chi connectivity index (χ2v) is 6.89. The van der Waals surface area contributed by atoms with E-state index in [0.29, 0.717) is 0 Å². The maximum Gasteiger partial charge on any atom is 0.0412 e. The van der Waals surface area contributed by atoms with Crippen molar-refractivity contribution < 1.29 is 0 Å². The van der Waals surface area contributed by atoms with Crippen LogP contribution in [0.5, 0.6) is 0 Å². The Hall–Kier alpha value is -0.540. The molecule has 3 heteroatoms. The molecule has 0 atom stereocenters. The Kier molecular flexibility index (Phi) is 4.13. The molecular formula is C16H23BrN2. The van der Waals surface area contributed by atoms with Crippen LogP contribution in [0.2, 0.25) is 0 Å². The molecule has 2 aliphatic carbocycles. The fourth-order valence-corrected chi connectivity index (χ4v) is 3.48. The molecule has 0 saturated heterocycles. The van der Waals surface area contributed by atoms with E-state index in [1.807, 2.05) is 0 Å². The number of halogens is 1. The quantitative estimate of drug-likeness (QED) is 0.878. The molecule has 1 aromatic rings. The average molecular weight is 323 g/mol. The van der Waals surface area contributed by atoms with Crippen molar-refractivity contribution in [3.05, 3.63) is 28.2 Å². The fourth-order valence-electron chi connectivity index (χ4n) is 3.07. The van der Waals surface area contributed by atoms with Crippen LogP contribution in [0.4, 0.5) is 5.69 Å². The number of hydrogen-bond acceptors (Lipinski definition) is 2. The highest BCUT2D eigenvalue weighted by Gasteiger charge is 2.23. The van der Waals surface area contributed by atoms with E-state index in [1.54, 1.807) is 0 Å². The lowest BCUT2D eigenvalue weighted by molar-refractivity contribution is 0.641. The molecule has 0 radical (unpaired) electrons. The Morgan fingerprint density at radius 1 is 1.21 bits per heavy atom. The monoisotopic (exact) mass is 322 g/mol. The van der Waals surface area contributed by atoms with Gasteiger partial charge in [0.05, 0.1) is 0 Å². The minimum atomic E-state index is 0.737. The van der Waals surface area contributed by atoms with Gasteiger partial charge in [0.25, 0.3) is 0 Å². The minimum absolute atomic E-state index is 0.737. The van der Waals surface area contributed by atoms with Crippen LogP contribution >= 0.6 is 15.9 Å². The molecule has 0 aliphatic heterocycles. The van der Waals surface area contributed by atoms with Gasteiger partial charge in [-0.2, -0.15) is 0 Å². The van der Waals surface area contributed by atoms with E-state index in [1.165, 1.54) is 54.2 Å². The first-order valence-electron chi connectivity index (χ1n) is 7.48. The molecule has 2 aliphatic rings. The third-order valence-electron chi connectivity index (χ3n) is 4.45. The molecule has 0 aromatic heterocycles. The van der Waals surface area contributed by atoms with Gasteiger partial charge in [0.1, 0.15) is 0 Å². The van der Waals surface area contributed by atoms with E-state index in [-0.39, 0.29) is 0 Å². The molecule has 2 saturated carbocycles. The highest BCUT2D eigenvalue weighted by Crippen LogP contribution is 2.31. The number of benzene rings is 1. The van der Waals surface area contributed by atoms with E-state index in [2.05, 4.69) is 51.4 Å². The Bertz CT molecular complexity index is 436. The summed E-state index contributed by atoms with van der Waals surface area (Å²) in [7, 11) is 2.26. The van der Waals surface area contributed by atoms with Crippen LogP contribution in [0, 0.1) is 0 Å². The topological polar surface area (TPSA) is 15.3 Å². The van der Waals surface area contributed by atoms with E-state index in [4.69, 9.17) is 0 Å². The molecule has 3 rings (SSSR count). The number of anilines is 1. The summed E-state index contributed by atoms with van der Waals surface area (Å²) in [5, 5.41) is 3.64. The summed E-state index contributed by atoms with van der Waals surface area (Å²) in [6, 6.07) is 8.22. The van der Waals surface area contributed by atoms with Gasteiger partial charge in [0, 0.05) is 35.8 Å². The number of hydrogen-bond donors (Lipinski definition) is 1. The molecule has 1 aromatic carbocycles. The molecule has 104 valence electrons. The van der Waals surface area contributed by atoms with Crippen molar-refractivity contribution in [1.29, 1.82) is 0 Å². The SMILES string of the molecule is CN(c1ccc(Br)cc1CNC1CC1)C1CCCC1. The molecule has 0 bridgehead atoms. The van der Waals surface area contributed by atoms with Gasteiger partial charge in [-0.3, -0.25) is 0 Å². The van der Waals surface area contributed by atoms with Crippen molar-refractivity contribution >= 4 is 21.6 Å². The van der Waals surface area contributed by atoms with Crippen LogP contribution in [0.25, 0.3) is 0 Å². The van der Waals surface area contributed by atoms with Crippen LogP contribution in [-0.4, -0.2) is 19.1 Å². The van der Waals surface area contributed by atoms with Crippen molar-refractivity contribution in [2.75, 3.05) is 11.9 Å². The lowest BCUT2D eigenvalue weighted by atomic mass is 10.1. The minimum Gasteiger partial charge on any atom is -0.371 e. The largest absolute Gasteiger partial charge is 0.371 e. The molecule has 0 heterocycles. The Labute approximate surface area is 124 Å². The zero-order valence-electron chi connectivity index (χ0n) is 11.7. The molecule has 0 unspecified atom stereocenters. The molecule has 2 nitrogen and oxygen atoms in total. The van der Waals surface area contributed by atoms with E-state index < -0.39 is 0 Å². The van der Waals surface area contributed by atoms with Crippen LogP contribution in [0.1, 0.15) is 44.1 Å². The third-order valence-corrected chi connectivity index (χ3v) is 4.95. The normalized spacial score (nSPS) is 19.9. The summed E-state index contributed by atoms with van der Waals surface area (Å²) in [4.78, 5) is 2.50. The molecular weight excluding hydrogens is 300 g/mol. The smallest absolute Gasteiger partial charge is 0.0412 e. The predicted octanol–water partition coefficient (Wildman–Crippen LogP) is 4.08. The predicted molar refractivity (Wildman–Crippen MR) is 84.7 cm³/mol. The first-order chi connectivity index (χ1) is 9.24. The summed E-state index contributed by atoms with van der Waals surface area (Å²) in [5.41, 5.74) is 2.83. The standard InChI is InChI=1S/C16H23BrN2/c1-19(15-4-2-3-5-15)16-9-6-13(17)10-12(16)11-18-14-7-8-14/h6,9-10,14-15,18H,2-5,7-8,11H2,1H3. The first-order valence-corrected chi connectivity index (χ1v) is 8.28. The van der Waals surface area contributed by atoms with Gasteiger partial charge in [0.15, 0.2) is 0 Å². The van der Waals surface area contributed by atoms with Gasteiger partial charge in [0.2, 0.25) is 0 Å². The van der Waals surface area contributed by atoms with Crippen LogP contribution in [-0.2, 0) is 6.54 Å². The number of nitrogens with zero attached hydrogens (tertiary/aromatic N) is 1. The van der Waals surface area contributed by atoms with Gasteiger partial charge >= 0.3 is 0 Å². The maximum atomic E-state index is 3.64. The molecule has 2 fully saturated rings. The summed E-state index contributed by atoms with van der Waals surface area (Å²) < 4.78 is 1.18. The van der Waals surface area contributed by atoms with Crippen molar-refractivity contribution in [2.24, 2.45) is 0 Å². The second-order valence-electron chi connectivity index (χ2n) is 5.98. The second kappa shape index (κ2) is 5.84. The summed E-state index contributed by atoms with van der Waals surface area (Å²) in [6.07, 6.45) is 8.18. The maximum absolute atomic E-state index is 3.64. The van der Waals surface area contributed by atoms with Gasteiger partial charge in [-0.15, -0.1) is 0 Å². The van der Waals surface area contributed by atoms with E-state index >= 15 is 0 Å². The van der Waals surface area contributed by atoms with Gasteiger partial charge in [-0.1, -0.05) is 28.8 Å². The highest BCUT2D eigenvalue weighted by molar-refractivity contribution is 9.10. The Morgan fingerprint density at radius 3 is 2.63 bits per heavy atom. The van der Waals surface area contributed by atoms with Crippen LogP contribution in [0.3, 0.4) is 0 Å². The molecule has 19 heavy (non-hydrogen) atoms. The number of nitrogens with one attached hydrogen (secondary N) is 1. The Balaban J connectivity index is 1.76. The van der Waals surface area contributed by atoms with Crippen molar-refractivity contribution in [1.82, 2.24) is 5.32 Å². The molecule has 1 N–H and O–H groups in total. The fraction of sp³-hybridized carbons (Fsp3) is 0.625. The third kappa shape index (κ3) is 3.32. The van der Waals surface area contributed by atoms with Crippen molar-refractivity contribution in [3.63, 3.8) is 0 Å². The summed E-state index contributed by atoms with van der Waals surface area (Å²) in [6.45, 7) is 0.997. The van der Waals surface area contributed by atoms with Gasteiger partial charge in [-0.05, 0) is 49.4 Å². The van der Waals surface area contributed by atoms with E-state index in [9.17, 15) is 0 Å². The zero-order chi connectivity index (χ0) is 13.2. The van der Waals surface area contributed by atoms with Crippen molar-refractivity contribution in [3.8, 4) is 0 Å².